The normalized spacial score (nSPS) is 25.4. The minimum atomic E-state index is -0.117. The standard InChI is InChI=1S/C10H19NO2.C9H18N2O2.C8H14N2O.C8H16N2.C7H13NO2.C3H6O.CH3I/c1-3-6-11-7-4-5-9(11)8-10(12)13-2;1-13-9(12)7-8-3-2-5-11(8)6-4-10;11-8-6-7-2-1-4-10(7)5-3-9-8;1-2-8-3-4-9-5-7-10(8)6-1;1-10-7(9)5-6-3-2-4-8-6;1-2-3-4;1-2/h9H,3-8H2,1-2H3;8H,2-7,10H2,1H3;7H,1-6H2,(H,9,11);8-9H,1-7H2;6,8H,2-5H2,1H3;3H,2H2,1H3;1H3/t9-;8-;7-;8-;6-;;/m00000../s1. The molecule has 7 aliphatic heterocycles. The Labute approximate surface area is 395 Å². The third-order valence-electron chi connectivity index (χ3n) is 12.5. The second-order valence-corrected chi connectivity index (χ2v) is 16.9. The Hall–Kier alpha value is -2.00. The van der Waals surface area contributed by atoms with Gasteiger partial charge in [-0.25, -0.2) is 0 Å². The van der Waals surface area contributed by atoms with Crippen molar-refractivity contribution >= 4 is 52.7 Å². The maximum atomic E-state index is 11.1. The number of halogens is 1. The number of amides is 1. The van der Waals surface area contributed by atoms with Gasteiger partial charge in [-0.15, -0.1) is 0 Å². The molecule has 5 N–H and O–H groups in total. The molecule has 0 spiro atoms. The predicted molar refractivity (Wildman–Crippen MR) is 260 cm³/mol. The fourth-order valence-corrected chi connectivity index (χ4v) is 9.24. The highest BCUT2D eigenvalue weighted by atomic mass is 127. The Morgan fingerprint density at radius 2 is 1.19 bits per heavy atom. The molecule has 7 aliphatic rings. The zero-order valence-electron chi connectivity index (χ0n) is 40.2. The minimum absolute atomic E-state index is 0.0759. The van der Waals surface area contributed by atoms with Crippen LogP contribution in [0.3, 0.4) is 0 Å². The van der Waals surface area contributed by atoms with E-state index in [2.05, 4.69) is 79.3 Å². The third kappa shape index (κ3) is 26.1. The molecule has 63 heavy (non-hydrogen) atoms. The SMILES string of the molecule is C1C[C@H]2CCNCCN2C1.CCC=O.CCCN1CCC[C@H]1CC(=O)OC.CI.COC(=O)C[C@@H]1CCCN1.COC(=O)C[C@@H]1CCCN1CCN.O=C1C[C@@H]2CCCN2CCN1. The number of alkyl halides is 1. The Morgan fingerprint density at radius 1 is 0.667 bits per heavy atom. The molecule has 5 atom stereocenters. The topological polar surface area (TPSA) is 188 Å². The average molecular weight is 1010 g/mol. The van der Waals surface area contributed by atoms with Crippen LogP contribution < -0.4 is 21.7 Å². The molecule has 7 fully saturated rings. The number of fused-ring (bicyclic) bond motifs is 2. The first-order valence-corrected chi connectivity index (χ1v) is 26.2. The average Bonchev–Trinajstić information content (AvgIpc) is 4.17. The molecule has 0 aromatic carbocycles. The van der Waals surface area contributed by atoms with Crippen LogP contribution in [0.1, 0.15) is 123 Å². The van der Waals surface area contributed by atoms with Crippen LogP contribution in [0.2, 0.25) is 0 Å². The van der Waals surface area contributed by atoms with Gasteiger partial charge in [-0.2, -0.15) is 0 Å². The van der Waals surface area contributed by atoms with E-state index < -0.39 is 0 Å². The fourth-order valence-electron chi connectivity index (χ4n) is 9.24. The van der Waals surface area contributed by atoms with Crippen molar-refractivity contribution < 1.29 is 38.2 Å². The van der Waals surface area contributed by atoms with Crippen LogP contribution in [-0.2, 0) is 38.2 Å². The number of rotatable bonds is 11. The monoisotopic (exact) mass is 1010 g/mol. The lowest BCUT2D eigenvalue weighted by Crippen LogP contribution is -2.35. The number of aldehydes is 1. The van der Waals surface area contributed by atoms with Crippen LogP contribution in [0.15, 0.2) is 0 Å². The fraction of sp³-hybridized carbons (Fsp3) is 0.891. The number of hydrogen-bond acceptors (Lipinski definition) is 15. The molecule has 0 unspecified atom stereocenters. The molecule has 7 rings (SSSR count). The smallest absolute Gasteiger partial charge is 0.307 e. The summed E-state index contributed by atoms with van der Waals surface area (Å²) in [5.74, 6) is -0.0688. The number of ether oxygens (including phenoxy) is 3. The molecule has 0 aromatic rings. The summed E-state index contributed by atoms with van der Waals surface area (Å²) in [5, 5.41) is 9.55. The first kappa shape index (κ1) is 59.0. The number of esters is 3. The number of carbonyl (C=O) groups is 5. The van der Waals surface area contributed by atoms with Crippen molar-refractivity contribution in [3.05, 3.63) is 0 Å². The van der Waals surface area contributed by atoms with Crippen LogP contribution in [0.5, 0.6) is 0 Å². The lowest BCUT2D eigenvalue weighted by molar-refractivity contribution is -0.142. The highest BCUT2D eigenvalue weighted by molar-refractivity contribution is 14.1. The van der Waals surface area contributed by atoms with Crippen molar-refractivity contribution in [3.63, 3.8) is 0 Å². The van der Waals surface area contributed by atoms with E-state index in [-0.39, 0.29) is 23.8 Å². The van der Waals surface area contributed by atoms with E-state index >= 15 is 0 Å². The number of carbonyl (C=O) groups excluding carboxylic acids is 5. The summed E-state index contributed by atoms with van der Waals surface area (Å²) < 4.78 is 13.8. The Bertz CT molecular complexity index is 1170. The number of nitrogens with zero attached hydrogens (tertiary/aromatic N) is 4. The molecular weight excluding hydrogens is 919 g/mol. The van der Waals surface area contributed by atoms with E-state index in [1.165, 1.54) is 105 Å². The zero-order chi connectivity index (χ0) is 46.7. The number of likely N-dealkylation sites (tertiary alicyclic amines) is 2. The van der Waals surface area contributed by atoms with Gasteiger partial charge in [0, 0.05) is 82.3 Å². The second-order valence-electron chi connectivity index (χ2n) is 16.9. The van der Waals surface area contributed by atoms with Crippen molar-refractivity contribution in [3.8, 4) is 0 Å². The van der Waals surface area contributed by atoms with Gasteiger partial charge in [0.2, 0.25) is 5.91 Å². The Kier molecular flexibility index (Phi) is 35.7. The molecule has 0 bridgehead atoms. The van der Waals surface area contributed by atoms with Crippen molar-refractivity contribution in [1.82, 2.24) is 35.6 Å². The number of nitrogens with one attached hydrogen (secondary N) is 3. The first-order chi connectivity index (χ1) is 30.6. The maximum Gasteiger partial charge on any atom is 0.307 e. The summed E-state index contributed by atoms with van der Waals surface area (Å²) in [6.07, 6.45) is 18.7. The van der Waals surface area contributed by atoms with Gasteiger partial charge in [0.05, 0.1) is 40.6 Å². The Morgan fingerprint density at radius 3 is 1.71 bits per heavy atom. The van der Waals surface area contributed by atoms with Crippen molar-refractivity contribution in [2.75, 3.05) is 111 Å². The van der Waals surface area contributed by atoms with Gasteiger partial charge in [0.25, 0.3) is 0 Å². The van der Waals surface area contributed by atoms with Crippen LogP contribution in [-0.4, -0.2) is 191 Å². The van der Waals surface area contributed by atoms with Crippen LogP contribution in [0.25, 0.3) is 0 Å². The van der Waals surface area contributed by atoms with Crippen LogP contribution in [0.4, 0.5) is 0 Å². The number of methoxy groups -OCH3 is 3. The van der Waals surface area contributed by atoms with Gasteiger partial charge >= 0.3 is 17.9 Å². The molecule has 16 nitrogen and oxygen atoms in total. The molecule has 368 valence electrons. The lowest BCUT2D eigenvalue weighted by Gasteiger charge is -2.22. The van der Waals surface area contributed by atoms with E-state index in [4.69, 9.17) is 5.73 Å². The van der Waals surface area contributed by atoms with E-state index in [0.29, 0.717) is 56.4 Å². The Balaban J connectivity index is 0.000000382. The van der Waals surface area contributed by atoms with Gasteiger partial charge in [-0.3, -0.25) is 38.8 Å². The molecule has 1 amide bonds. The summed E-state index contributed by atoms with van der Waals surface area (Å²) in [6.45, 7) is 18.1. The predicted octanol–water partition coefficient (Wildman–Crippen LogP) is 3.76. The van der Waals surface area contributed by atoms with Gasteiger partial charge in [-0.1, -0.05) is 36.4 Å². The quantitative estimate of drug-likeness (QED) is 0.0770. The van der Waals surface area contributed by atoms with Gasteiger partial charge in [-0.05, 0) is 128 Å². The van der Waals surface area contributed by atoms with Gasteiger partial charge in [0.15, 0.2) is 0 Å². The number of nitrogens with two attached hydrogens (primary N) is 1. The number of hydrogen-bond donors (Lipinski definition) is 4. The molecule has 0 aromatic heterocycles. The highest BCUT2D eigenvalue weighted by Gasteiger charge is 2.29. The molecular formula is C46H89IN8O8. The summed E-state index contributed by atoms with van der Waals surface area (Å²) in [5.41, 5.74) is 5.48. The van der Waals surface area contributed by atoms with E-state index in [0.717, 1.165) is 90.2 Å². The van der Waals surface area contributed by atoms with Gasteiger partial charge < -0.3 is 40.7 Å². The van der Waals surface area contributed by atoms with Crippen molar-refractivity contribution in [2.24, 2.45) is 5.73 Å². The van der Waals surface area contributed by atoms with Crippen LogP contribution >= 0.6 is 22.6 Å². The first-order valence-electron chi connectivity index (χ1n) is 24.0. The van der Waals surface area contributed by atoms with Gasteiger partial charge in [0.1, 0.15) is 6.29 Å². The highest BCUT2D eigenvalue weighted by Crippen LogP contribution is 2.23. The summed E-state index contributed by atoms with van der Waals surface area (Å²) in [7, 11) is 4.32. The minimum Gasteiger partial charge on any atom is -0.469 e. The third-order valence-corrected chi connectivity index (χ3v) is 12.5. The van der Waals surface area contributed by atoms with Crippen LogP contribution in [0, 0.1) is 0 Å². The summed E-state index contributed by atoms with van der Waals surface area (Å²) >= 11 is 2.15. The van der Waals surface area contributed by atoms with Crippen molar-refractivity contribution in [1.29, 1.82) is 0 Å². The van der Waals surface area contributed by atoms with Crippen molar-refractivity contribution in [2.45, 2.75) is 153 Å². The van der Waals surface area contributed by atoms with E-state index in [1.54, 1.807) is 0 Å². The molecule has 0 radical (unpaired) electrons. The second kappa shape index (κ2) is 38.1. The van der Waals surface area contributed by atoms with E-state index in [9.17, 15) is 24.0 Å². The largest absolute Gasteiger partial charge is 0.469 e. The zero-order valence-corrected chi connectivity index (χ0v) is 42.3. The molecule has 7 heterocycles. The molecule has 7 saturated heterocycles. The summed E-state index contributed by atoms with van der Waals surface area (Å²) in [4.78, 5) is 64.8. The molecule has 17 heteroatoms. The maximum absolute atomic E-state index is 11.1. The molecule has 0 aliphatic carbocycles. The summed E-state index contributed by atoms with van der Waals surface area (Å²) in [6, 6.07) is 2.64. The lowest BCUT2D eigenvalue weighted by atomic mass is 10.1. The molecule has 0 saturated carbocycles. The van der Waals surface area contributed by atoms with E-state index in [1.807, 2.05) is 11.9 Å².